The number of halogens is 1. The smallest absolute Gasteiger partial charge is 0.345 e. The maximum atomic E-state index is 15.7. The van der Waals surface area contributed by atoms with E-state index in [-0.39, 0.29) is 53.3 Å². The van der Waals surface area contributed by atoms with Crippen molar-refractivity contribution in [3.63, 3.8) is 0 Å². The second-order valence-corrected chi connectivity index (χ2v) is 12.9. The molecule has 2 atom stereocenters. The number of aromatic amines is 1. The number of carbonyl (C=O) groups is 2. The topological polar surface area (TPSA) is 181 Å². The first-order chi connectivity index (χ1) is 25.0. The predicted octanol–water partition coefficient (Wildman–Crippen LogP) is 5.18. The lowest BCUT2D eigenvalue weighted by Gasteiger charge is -2.25. The number of phenols is 1. The molecule has 4 aromatic carbocycles. The number of thiophene rings is 1. The third-order valence-electron chi connectivity index (χ3n) is 8.78. The largest absolute Gasteiger partial charge is 0.506 e. The van der Waals surface area contributed by atoms with Gasteiger partial charge in [-0.05, 0) is 58.0 Å². The number of aliphatic hydroxyl groups excluding tert-OH is 1. The Morgan fingerprint density at radius 1 is 0.942 bits per heavy atom. The van der Waals surface area contributed by atoms with E-state index in [0.717, 1.165) is 4.88 Å². The third kappa shape index (κ3) is 7.02. The minimum Gasteiger partial charge on any atom is -0.506 e. The number of pyridine rings is 1. The molecule has 6 aromatic rings. The van der Waals surface area contributed by atoms with Gasteiger partial charge in [-0.1, -0.05) is 60.7 Å². The quantitative estimate of drug-likeness (QED) is 0.0845. The van der Waals surface area contributed by atoms with Crippen molar-refractivity contribution in [1.82, 2.24) is 15.6 Å². The lowest BCUT2D eigenvalue weighted by Crippen LogP contribution is -2.36. The number of H-pyrrole nitrogens is 1. The standard InChI is InChI=1S/C39H34FN3O8S/c1-51-35-23(19-41-21-31(45)27-12-14-30(44)34-28(27)13-15-32(46)43-34)10-11-29(33(35)40)37(47)42-20-24-16-17-52-36(24)22-6-5-9-26(18-22)39(50,38(48)49)25-7-3-2-4-8-25/h2-18,31,41,44-45,50H,19-21H2,1H3,(H,42,47)(H,43,46)(H,48,49)/t31-,39-/m0/s1. The molecule has 0 fully saturated rings. The van der Waals surface area contributed by atoms with E-state index in [0.29, 0.717) is 27.6 Å². The Kier molecular flexibility index (Phi) is 10.5. The van der Waals surface area contributed by atoms with E-state index in [4.69, 9.17) is 4.74 Å². The molecule has 2 aromatic heterocycles. The molecule has 6 rings (SSSR count). The van der Waals surface area contributed by atoms with Gasteiger partial charge in [-0.15, -0.1) is 11.3 Å². The Hall–Kier alpha value is -5.86. The van der Waals surface area contributed by atoms with Crippen LogP contribution in [-0.4, -0.2) is 50.9 Å². The summed E-state index contributed by atoms with van der Waals surface area (Å²) in [6.45, 7) is 0.164. The number of aliphatic carboxylic acids is 1. The minimum absolute atomic E-state index is 0.0343. The van der Waals surface area contributed by atoms with Gasteiger partial charge < -0.3 is 40.8 Å². The van der Waals surface area contributed by atoms with Gasteiger partial charge in [-0.2, -0.15) is 0 Å². The first-order valence-electron chi connectivity index (χ1n) is 16.1. The molecule has 2 heterocycles. The van der Waals surface area contributed by atoms with E-state index in [1.807, 2.05) is 5.38 Å². The molecule has 0 unspecified atom stereocenters. The van der Waals surface area contributed by atoms with Gasteiger partial charge in [0.25, 0.3) is 5.91 Å². The van der Waals surface area contributed by atoms with Crippen molar-refractivity contribution in [2.75, 3.05) is 13.7 Å². The van der Waals surface area contributed by atoms with Gasteiger partial charge in [0.1, 0.15) is 5.75 Å². The fourth-order valence-corrected chi connectivity index (χ4v) is 7.03. The molecule has 52 heavy (non-hydrogen) atoms. The monoisotopic (exact) mass is 723 g/mol. The normalized spacial score (nSPS) is 13.0. The van der Waals surface area contributed by atoms with Gasteiger partial charge in [-0.3, -0.25) is 9.59 Å². The summed E-state index contributed by atoms with van der Waals surface area (Å²) in [5, 5.41) is 50.5. The van der Waals surface area contributed by atoms with Gasteiger partial charge in [-0.25, -0.2) is 9.18 Å². The van der Waals surface area contributed by atoms with E-state index in [2.05, 4.69) is 15.6 Å². The summed E-state index contributed by atoms with van der Waals surface area (Å²) in [4.78, 5) is 40.6. The highest BCUT2D eigenvalue weighted by Gasteiger charge is 2.40. The third-order valence-corrected chi connectivity index (χ3v) is 9.78. The molecule has 0 aliphatic carbocycles. The summed E-state index contributed by atoms with van der Waals surface area (Å²) in [7, 11) is 1.29. The molecule has 11 nitrogen and oxygen atoms in total. The maximum Gasteiger partial charge on any atom is 0.345 e. The number of rotatable bonds is 13. The number of hydrogen-bond acceptors (Lipinski definition) is 9. The number of nitrogens with one attached hydrogen (secondary N) is 3. The Bertz CT molecular complexity index is 2330. The number of carbonyl (C=O) groups excluding carboxylic acids is 1. The first kappa shape index (κ1) is 35.9. The maximum absolute atomic E-state index is 15.7. The summed E-state index contributed by atoms with van der Waals surface area (Å²) in [5.74, 6) is -3.23. The van der Waals surface area contributed by atoms with Gasteiger partial charge in [0.15, 0.2) is 11.6 Å². The minimum atomic E-state index is -2.29. The van der Waals surface area contributed by atoms with Gasteiger partial charge in [0.2, 0.25) is 11.2 Å². The zero-order valence-corrected chi connectivity index (χ0v) is 28.5. The number of benzene rings is 4. The molecule has 0 saturated carbocycles. The molecule has 0 spiro atoms. The lowest BCUT2D eigenvalue weighted by atomic mass is 9.85. The Labute approximate surface area is 300 Å². The number of aliphatic hydroxyl groups is 2. The average Bonchev–Trinajstić information content (AvgIpc) is 3.63. The summed E-state index contributed by atoms with van der Waals surface area (Å²) in [6, 6.07) is 25.1. The Morgan fingerprint density at radius 3 is 2.46 bits per heavy atom. The molecule has 7 N–H and O–H groups in total. The number of aromatic nitrogens is 1. The Balaban J connectivity index is 1.13. The van der Waals surface area contributed by atoms with Crippen LogP contribution in [0.25, 0.3) is 21.3 Å². The van der Waals surface area contributed by atoms with Crippen LogP contribution in [0.1, 0.15) is 44.3 Å². The van der Waals surface area contributed by atoms with E-state index >= 15 is 4.39 Å². The highest BCUT2D eigenvalue weighted by Crippen LogP contribution is 2.36. The summed E-state index contributed by atoms with van der Waals surface area (Å²) in [6.07, 6.45) is -1.04. The highest BCUT2D eigenvalue weighted by molar-refractivity contribution is 7.13. The number of carboxylic acids is 1. The van der Waals surface area contributed by atoms with Crippen molar-refractivity contribution in [3.05, 3.63) is 152 Å². The second-order valence-electron chi connectivity index (χ2n) is 12.0. The molecular formula is C39H34FN3O8S. The molecule has 266 valence electrons. The van der Waals surface area contributed by atoms with Crippen molar-refractivity contribution < 1.29 is 39.1 Å². The van der Waals surface area contributed by atoms with E-state index in [1.165, 1.54) is 42.7 Å². The summed E-state index contributed by atoms with van der Waals surface area (Å²) < 4.78 is 21.0. The number of fused-ring (bicyclic) bond motifs is 1. The average molecular weight is 724 g/mol. The molecule has 0 bridgehead atoms. The van der Waals surface area contributed by atoms with Crippen LogP contribution in [-0.2, 0) is 23.5 Å². The first-order valence-corrected chi connectivity index (χ1v) is 17.0. The van der Waals surface area contributed by atoms with Gasteiger partial charge >= 0.3 is 5.97 Å². The lowest BCUT2D eigenvalue weighted by molar-refractivity contribution is -0.155. The van der Waals surface area contributed by atoms with Crippen molar-refractivity contribution in [2.45, 2.75) is 24.8 Å². The number of aromatic hydroxyl groups is 1. The zero-order valence-electron chi connectivity index (χ0n) is 27.7. The fraction of sp³-hybridized carbons (Fsp3) is 0.154. The molecule has 1 amide bonds. The molecule has 13 heteroatoms. The molecular weight excluding hydrogens is 690 g/mol. The van der Waals surface area contributed by atoms with Crippen molar-refractivity contribution in [3.8, 4) is 21.9 Å². The van der Waals surface area contributed by atoms with Crippen LogP contribution in [0.5, 0.6) is 11.5 Å². The number of carboxylic acid groups (broad SMARTS) is 1. The van der Waals surface area contributed by atoms with E-state index < -0.39 is 35.0 Å². The van der Waals surface area contributed by atoms with Crippen LogP contribution in [0.15, 0.2) is 107 Å². The fourth-order valence-electron chi connectivity index (χ4n) is 6.11. The number of hydrogen-bond donors (Lipinski definition) is 7. The Morgan fingerprint density at radius 2 is 1.71 bits per heavy atom. The van der Waals surface area contributed by atoms with Crippen molar-refractivity contribution >= 4 is 34.1 Å². The molecule has 0 aliphatic heterocycles. The van der Waals surface area contributed by atoms with Crippen LogP contribution < -0.4 is 20.9 Å². The number of ether oxygens (including phenoxy) is 1. The highest BCUT2D eigenvalue weighted by atomic mass is 32.1. The number of amides is 1. The summed E-state index contributed by atoms with van der Waals surface area (Å²) >= 11 is 1.37. The SMILES string of the molecule is COc1c(CNC[C@H](O)c2ccc(O)c3[nH]c(=O)ccc23)ccc(C(=O)NCc2ccsc2-c2cccc([C@](O)(C(=O)O)c3ccccc3)c2)c1F. The molecule has 0 aliphatic rings. The van der Waals surface area contributed by atoms with Crippen LogP contribution >= 0.6 is 11.3 Å². The van der Waals surface area contributed by atoms with E-state index in [9.17, 15) is 34.8 Å². The van der Waals surface area contributed by atoms with Crippen LogP contribution in [0.2, 0.25) is 0 Å². The number of phenolic OH excluding ortho intramolecular Hbond substituents is 1. The van der Waals surface area contributed by atoms with Crippen LogP contribution in [0, 0.1) is 5.82 Å². The predicted molar refractivity (Wildman–Crippen MR) is 194 cm³/mol. The molecule has 0 radical (unpaired) electrons. The second kappa shape index (κ2) is 15.2. The van der Waals surface area contributed by atoms with Crippen LogP contribution in [0.4, 0.5) is 4.39 Å². The number of methoxy groups -OCH3 is 1. The zero-order chi connectivity index (χ0) is 37.0. The van der Waals surface area contributed by atoms with Crippen molar-refractivity contribution in [1.29, 1.82) is 0 Å². The van der Waals surface area contributed by atoms with Crippen LogP contribution in [0.3, 0.4) is 0 Å². The van der Waals surface area contributed by atoms with Crippen molar-refractivity contribution in [2.24, 2.45) is 0 Å². The van der Waals surface area contributed by atoms with E-state index in [1.54, 1.807) is 72.8 Å². The van der Waals surface area contributed by atoms with Gasteiger partial charge in [0, 0.05) is 47.1 Å². The molecule has 0 saturated heterocycles. The summed E-state index contributed by atoms with van der Waals surface area (Å²) in [5.41, 5.74) is -0.132. The van der Waals surface area contributed by atoms with Gasteiger partial charge in [0.05, 0.1) is 24.3 Å².